The molecule has 1 aromatic heterocycles. The number of benzene rings is 2. The number of nitrogens with zero attached hydrogens (tertiary/aromatic N) is 4. The predicted molar refractivity (Wildman–Crippen MR) is 132 cm³/mol. The SMILES string of the molecule is COc1ccc(Cc2c(C)nc(C)nc2N2CCN(C(=O)c3cc(Cl)cc(Cl)c3)CC2)cc1. The summed E-state index contributed by atoms with van der Waals surface area (Å²) in [6.45, 7) is 6.49. The zero-order valence-electron chi connectivity index (χ0n) is 18.9. The first-order chi connectivity index (χ1) is 15.8. The van der Waals surface area contributed by atoms with E-state index in [1.807, 2.05) is 30.9 Å². The van der Waals surface area contributed by atoms with E-state index >= 15 is 0 Å². The lowest BCUT2D eigenvalue weighted by Crippen LogP contribution is -2.49. The van der Waals surface area contributed by atoms with Crippen LogP contribution in [0.15, 0.2) is 42.5 Å². The lowest BCUT2D eigenvalue weighted by atomic mass is 10.0. The largest absolute Gasteiger partial charge is 0.497 e. The third-order valence-corrected chi connectivity index (χ3v) is 6.26. The summed E-state index contributed by atoms with van der Waals surface area (Å²) in [5.41, 5.74) is 3.75. The summed E-state index contributed by atoms with van der Waals surface area (Å²) in [6, 6.07) is 13.0. The van der Waals surface area contributed by atoms with E-state index in [9.17, 15) is 4.79 Å². The van der Waals surface area contributed by atoms with E-state index in [-0.39, 0.29) is 5.91 Å². The fourth-order valence-electron chi connectivity index (χ4n) is 4.12. The Labute approximate surface area is 204 Å². The van der Waals surface area contributed by atoms with Gasteiger partial charge in [-0.3, -0.25) is 4.79 Å². The van der Waals surface area contributed by atoms with E-state index in [2.05, 4.69) is 22.0 Å². The van der Waals surface area contributed by atoms with Gasteiger partial charge in [0.15, 0.2) is 0 Å². The lowest BCUT2D eigenvalue weighted by Gasteiger charge is -2.36. The van der Waals surface area contributed by atoms with Gasteiger partial charge in [0.25, 0.3) is 5.91 Å². The highest BCUT2D eigenvalue weighted by atomic mass is 35.5. The van der Waals surface area contributed by atoms with Gasteiger partial charge < -0.3 is 14.5 Å². The summed E-state index contributed by atoms with van der Waals surface area (Å²) in [5, 5.41) is 0.916. The van der Waals surface area contributed by atoms with Crippen molar-refractivity contribution in [1.82, 2.24) is 14.9 Å². The molecule has 172 valence electrons. The van der Waals surface area contributed by atoms with E-state index in [1.165, 1.54) is 5.56 Å². The van der Waals surface area contributed by atoms with E-state index < -0.39 is 0 Å². The van der Waals surface area contributed by atoms with E-state index in [0.29, 0.717) is 41.8 Å². The quantitative estimate of drug-likeness (QED) is 0.511. The molecule has 0 atom stereocenters. The molecule has 0 aliphatic carbocycles. The Morgan fingerprint density at radius 2 is 1.61 bits per heavy atom. The number of halogens is 2. The Morgan fingerprint density at radius 1 is 0.970 bits per heavy atom. The molecule has 0 unspecified atom stereocenters. The first kappa shape index (κ1) is 23.3. The number of anilines is 1. The molecule has 1 amide bonds. The smallest absolute Gasteiger partial charge is 0.254 e. The standard InChI is InChI=1S/C25H26Cl2N4O2/c1-16-23(12-18-4-6-22(33-3)7-5-18)24(29-17(2)28-16)30-8-10-31(11-9-30)25(32)19-13-20(26)15-21(27)14-19/h4-7,13-15H,8-12H2,1-3H3. The molecule has 6 nitrogen and oxygen atoms in total. The Morgan fingerprint density at radius 3 is 2.21 bits per heavy atom. The lowest BCUT2D eigenvalue weighted by molar-refractivity contribution is 0.0746. The van der Waals surface area contributed by atoms with Crippen LogP contribution in [-0.2, 0) is 6.42 Å². The van der Waals surface area contributed by atoms with Crippen LogP contribution >= 0.6 is 23.2 Å². The second-order valence-corrected chi connectivity index (χ2v) is 8.99. The number of ether oxygens (including phenoxy) is 1. The summed E-state index contributed by atoms with van der Waals surface area (Å²) < 4.78 is 5.27. The van der Waals surface area contributed by atoms with Gasteiger partial charge in [0.2, 0.25) is 0 Å². The predicted octanol–water partition coefficient (Wildman–Crippen LogP) is 4.96. The van der Waals surface area contributed by atoms with Crippen LogP contribution in [0, 0.1) is 13.8 Å². The molecule has 3 aromatic rings. The second kappa shape index (κ2) is 9.98. The van der Waals surface area contributed by atoms with E-state index in [4.69, 9.17) is 32.9 Å². The highest BCUT2D eigenvalue weighted by Crippen LogP contribution is 2.27. The van der Waals surface area contributed by atoms with Crippen LogP contribution in [-0.4, -0.2) is 54.1 Å². The van der Waals surface area contributed by atoms with E-state index in [1.54, 1.807) is 25.3 Å². The summed E-state index contributed by atoms with van der Waals surface area (Å²) in [5.74, 6) is 2.45. The zero-order valence-corrected chi connectivity index (χ0v) is 20.5. The van der Waals surface area contributed by atoms with Crippen LogP contribution in [0.3, 0.4) is 0 Å². The Balaban J connectivity index is 1.52. The Hall–Kier alpha value is -2.83. The maximum Gasteiger partial charge on any atom is 0.254 e. The van der Waals surface area contributed by atoms with Gasteiger partial charge >= 0.3 is 0 Å². The fraction of sp³-hybridized carbons (Fsp3) is 0.320. The van der Waals surface area contributed by atoms with Crippen LogP contribution in [0.2, 0.25) is 10.0 Å². The van der Waals surface area contributed by atoms with E-state index in [0.717, 1.165) is 35.1 Å². The minimum absolute atomic E-state index is 0.0624. The average molecular weight is 485 g/mol. The summed E-state index contributed by atoms with van der Waals surface area (Å²) in [4.78, 5) is 26.4. The molecule has 0 N–H and O–H groups in total. The highest BCUT2D eigenvalue weighted by Gasteiger charge is 2.26. The van der Waals surface area contributed by atoms with Crippen molar-refractivity contribution in [3.8, 4) is 5.75 Å². The molecule has 4 rings (SSSR count). The van der Waals surface area contributed by atoms with Crippen molar-refractivity contribution < 1.29 is 9.53 Å². The number of piperazine rings is 1. The molecule has 0 radical (unpaired) electrons. The minimum Gasteiger partial charge on any atom is -0.497 e. The minimum atomic E-state index is -0.0624. The molecule has 2 heterocycles. The molecule has 8 heteroatoms. The van der Waals surface area contributed by atoms with Gasteiger partial charge in [-0.1, -0.05) is 35.3 Å². The van der Waals surface area contributed by atoms with Crippen molar-refractivity contribution >= 4 is 34.9 Å². The maximum atomic E-state index is 13.0. The van der Waals surface area contributed by atoms with Crippen LogP contribution in [0.1, 0.15) is 33.0 Å². The van der Waals surface area contributed by atoms with Crippen LogP contribution in [0.25, 0.3) is 0 Å². The Kier molecular flexibility index (Phi) is 7.05. The summed E-state index contributed by atoms with van der Waals surface area (Å²) in [7, 11) is 1.66. The normalized spacial score (nSPS) is 13.8. The molecule has 1 fully saturated rings. The number of hydrogen-bond donors (Lipinski definition) is 0. The number of hydrogen-bond acceptors (Lipinski definition) is 5. The number of amides is 1. The van der Waals surface area contributed by atoms with Crippen molar-refractivity contribution in [3.05, 3.63) is 80.7 Å². The third kappa shape index (κ3) is 5.40. The molecular formula is C25H26Cl2N4O2. The maximum absolute atomic E-state index is 13.0. The van der Waals surface area contributed by atoms with Crippen molar-refractivity contribution in [2.24, 2.45) is 0 Å². The van der Waals surface area contributed by atoms with Crippen LogP contribution < -0.4 is 9.64 Å². The monoisotopic (exact) mass is 484 g/mol. The Bertz CT molecular complexity index is 1140. The van der Waals surface area contributed by atoms with Gasteiger partial charge in [0.1, 0.15) is 17.4 Å². The van der Waals surface area contributed by atoms with Crippen molar-refractivity contribution in [2.45, 2.75) is 20.3 Å². The van der Waals surface area contributed by atoms with Gasteiger partial charge in [0, 0.05) is 59.5 Å². The fourth-order valence-corrected chi connectivity index (χ4v) is 4.64. The van der Waals surface area contributed by atoms with Gasteiger partial charge in [-0.25, -0.2) is 9.97 Å². The molecule has 33 heavy (non-hydrogen) atoms. The number of carbonyl (C=O) groups excluding carboxylic acids is 1. The third-order valence-electron chi connectivity index (χ3n) is 5.82. The second-order valence-electron chi connectivity index (χ2n) is 8.12. The van der Waals surface area contributed by atoms with Gasteiger partial charge in [-0.2, -0.15) is 0 Å². The van der Waals surface area contributed by atoms with Crippen LogP contribution in [0.5, 0.6) is 5.75 Å². The average Bonchev–Trinajstić information content (AvgIpc) is 2.80. The number of methoxy groups -OCH3 is 1. The van der Waals surface area contributed by atoms with Gasteiger partial charge in [0.05, 0.1) is 7.11 Å². The molecular weight excluding hydrogens is 459 g/mol. The molecule has 2 aromatic carbocycles. The van der Waals surface area contributed by atoms with Gasteiger partial charge in [-0.15, -0.1) is 0 Å². The molecule has 0 bridgehead atoms. The summed E-state index contributed by atoms with van der Waals surface area (Å²) >= 11 is 12.2. The topological polar surface area (TPSA) is 58.6 Å². The summed E-state index contributed by atoms with van der Waals surface area (Å²) in [6.07, 6.45) is 0.728. The molecule has 0 saturated carbocycles. The number of rotatable bonds is 5. The molecule has 0 spiro atoms. The molecule has 1 aliphatic rings. The van der Waals surface area contributed by atoms with Crippen molar-refractivity contribution in [3.63, 3.8) is 0 Å². The number of carbonyl (C=O) groups is 1. The number of aryl methyl sites for hydroxylation is 2. The highest BCUT2D eigenvalue weighted by molar-refractivity contribution is 6.35. The van der Waals surface area contributed by atoms with Crippen molar-refractivity contribution in [1.29, 1.82) is 0 Å². The van der Waals surface area contributed by atoms with Crippen molar-refractivity contribution in [2.75, 3.05) is 38.2 Å². The first-order valence-electron chi connectivity index (χ1n) is 10.8. The zero-order chi connectivity index (χ0) is 23.5. The van der Waals surface area contributed by atoms with Crippen LogP contribution in [0.4, 0.5) is 5.82 Å². The number of aromatic nitrogens is 2. The first-order valence-corrected chi connectivity index (χ1v) is 11.6. The molecule has 1 saturated heterocycles. The van der Waals surface area contributed by atoms with Gasteiger partial charge in [-0.05, 0) is 49.7 Å². The molecule has 1 aliphatic heterocycles.